The van der Waals surface area contributed by atoms with Gasteiger partial charge in [-0.25, -0.2) is 4.98 Å². The molecule has 33 heavy (non-hydrogen) atoms. The number of para-hydroxylation sites is 4. The van der Waals surface area contributed by atoms with Gasteiger partial charge in [-0.3, -0.25) is 9.78 Å². The van der Waals surface area contributed by atoms with Gasteiger partial charge in [-0.2, -0.15) is 0 Å². The molecule has 4 aromatic rings. The van der Waals surface area contributed by atoms with Crippen LogP contribution in [0.15, 0.2) is 73.1 Å². The number of methoxy groups -OCH3 is 1. The molecule has 0 spiro atoms. The Balaban J connectivity index is 1.34. The van der Waals surface area contributed by atoms with E-state index in [4.69, 9.17) is 14.5 Å². The van der Waals surface area contributed by atoms with Gasteiger partial charge in [-0.15, -0.1) is 0 Å². The lowest BCUT2D eigenvalue weighted by Gasteiger charge is -2.12. The summed E-state index contributed by atoms with van der Waals surface area (Å²) in [6, 6.07) is 19.3. The lowest BCUT2D eigenvalue weighted by atomic mass is 10.2. The Kier molecular flexibility index (Phi) is 7.53. The van der Waals surface area contributed by atoms with Crippen LogP contribution in [-0.4, -0.2) is 40.7 Å². The normalized spacial score (nSPS) is 10.8. The first kappa shape index (κ1) is 22.3. The summed E-state index contributed by atoms with van der Waals surface area (Å²) >= 11 is 0. The molecule has 2 aromatic heterocycles. The molecule has 0 unspecified atom stereocenters. The van der Waals surface area contributed by atoms with Crippen LogP contribution in [0.25, 0.3) is 11.0 Å². The highest BCUT2D eigenvalue weighted by molar-refractivity contribution is 5.93. The zero-order valence-corrected chi connectivity index (χ0v) is 18.7. The zero-order valence-electron chi connectivity index (χ0n) is 18.7. The van der Waals surface area contributed by atoms with Crippen LogP contribution in [0.3, 0.4) is 0 Å². The summed E-state index contributed by atoms with van der Waals surface area (Å²) in [5.41, 5.74) is 2.72. The number of fused-ring (bicyclic) bond motifs is 1. The van der Waals surface area contributed by atoms with Crippen LogP contribution in [0.5, 0.6) is 11.5 Å². The van der Waals surface area contributed by atoms with E-state index in [0.717, 1.165) is 54.2 Å². The summed E-state index contributed by atoms with van der Waals surface area (Å²) in [5, 5.41) is 2.97. The van der Waals surface area contributed by atoms with Crippen molar-refractivity contribution in [1.82, 2.24) is 19.9 Å². The Morgan fingerprint density at radius 2 is 1.73 bits per heavy atom. The number of ether oxygens (including phenoxy) is 2. The predicted molar refractivity (Wildman–Crippen MR) is 128 cm³/mol. The number of benzene rings is 2. The highest BCUT2D eigenvalue weighted by atomic mass is 16.5. The molecule has 0 saturated heterocycles. The third-order valence-electron chi connectivity index (χ3n) is 5.39. The number of imidazole rings is 1. The van der Waals surface area contributed by atoms with Crippen LogP contribution >= 0.6 is 0 Å². The maximum atomic E-state index is 12.2. The smallest absolute Gasteiger partial charge is 0.251 e. The highest BCUT2D eigenvalue weighted by Gasteiger charge is 2.11. The number of aryl methyl sites for hydroxylation is 2. The predicted octanol–water partition coefficient (Wildman–Crippen LogP) is 4.27. The molecule has 0 saturated carbocycles. The Bertz CT molecular complexity index is 1190. The average molecular weight is 445 g/mol. The molecule has 2 aromatic carbocycles. The fourth-order valence-corrected chi connectivity index (χ4v) is 3.76. The van der Waals surface area contributed by atoms with Gasteiger partial charge in [0.05, 0.1) is 24.8 Å². The number of amides is 1. The molecule has 4 rings (SSSR count). The van der Waals surface area contributed by atoms with Crippen LogP contribution in [0.4, 0.5) is 0 Å². The molecule has 0 radical (unpaired) electrons. The summed E-state index contributed by atoms with van der Waals surface area (Å²) in [5.74, 6) is 2.42. The molecule has 1 N–H and O–H groups in total. The quantitative estimate of drug-likeness (QED) is 0.350. The number of carbonyl (C=O) groups excluding carboxylic acids is 1. The Morgan fingerprint density at radius 3 is 2.55 bits per heavy atom. The first-order valence-corrected chi connectivity index (χ1v) is 11.1. The van der Waals surface area contributed by atoms with Gasteiger partial charge >= 0.3 is 0 Å². The van der Waals surface area contributed by atoms with Crippen molar-refractivity contribution in [2.75, 3.05) is 20.3 Å². The van der Waals surface area contributed by atoms with Crippen molar-refractivity contribution in [2.45, 2.75) is 25.8 Å². The number of hydrogen-bond acceptors (Lipinski definition) is 5. The van der Waals surface area contributed by atoms with Crippen LogP contribution in [-0.2, 0) is 13.0 Å². The molecule has 7 nitrogen and oxygen atoms in total. The molecule has 0 bridgehead atoms. The monoisotopic (exact) mass is 444 g/mol. The second kappa shape index (κ2) is 11.1. The number of rotatable bonds is 11. The van der Waals surface area contributed by atoms with Crippen molar-refractivity contribution in [3.63, 3.8) is 0 Å². The van der Waals surface area contributed by atoms with E-state index in [1.165, 1.54) is 0 Å². The fourth-order valence-electron chi connectivity index (χ4n) is 3.76. The third-order valence-corrected chi connectivity index (χ3v) is 5.39. The van der Waals surface area contributed by atoms with Crippen molar-refractivity contribution >= 4 is 16.9 Å². The van der Waals surface area contributed by atoms with Gasteiger partial charge in [0.15, 0.2) is 11.5 Å². The molecule has 0 fully saturated rings. The molecule has 7 heteroatoms. The van der Waals surface area contributed by atoms with E-state index in [9.17, 15) is 4.79 Å². The lowest BCUT2D eigenvalue weighted by molar-refractivity contribution is 0.0953. The number of nitrogens with zero attached hydrogens (tertiary/aromatic N) is 3. The minimum atomic E-state index is -0.0839. The first-order valence-electron chi connectivity index (χ1n) is 11.1. The van der Waals surface area contributed by atoms with Crippen LogP contribution < -0.4 is 14.8 Å². The molecule has 2 heterocycles. The Hall–Kier alpha value is -3.87. The van der Waals surface area contributed by atoms with Crippen molar-refractivity contribution in [3.8, 4) is 11.5 Å². The second-order valence-corrected chi connectivity index (χ2v) is 7.62. The van der Waals surface area contributed by atoms with Gasteiger partial charge in [0.25, 0.3) is 5.91 Å². The molecular formula is C26H28N4O3. The van der Waals surface area contributed by atoms with E-state index in [1.807, 2.05) is 42.5 Å². The zero-order chi connectivity index (χ0) is 22.9. The number of aromatic nitrogens is 3. The lowest BCUT2D eigenvalue weighted by Crippen LogP contribution is -2.25. The minimum absolute atomic E-state index is 0.0839. The Labute approximate surface area is 193 Å². The molecule has 170 valence electrons. The maximum Gasteiger partial charge on any atom is 0.251 e. The molecular weight excluding hydrogens is 416 g/mol. The van der Waals surface area contributed by atoms with E-state index in [2.05, 4.69) is 20.9 Å². The number of pyridine rings is 1. The maximum absolute atomic E-state index is 12.2. The Morgan fingerprint density at radius 1 is 0.970 bits per heavy atom. The third kappa shape index (κ3) is 5.68. The van der Waals surface area contributed by atoms with E-state index in [1.54, 1.807) is 31.6 Å². The van der Waals surface area contributed by atoms with Gasteiger partial charge in [-0.05, 0) is 49.2 Å². The molecule has 0 aliphatic carbocycles. The molecule has 0 atom stereocenters. The summed E-state index contributed by atoms with van der Waals surface area (Å²) in [6.07, 6.45) is 5.66. The summed E-state index contributed by atoms with van der Waals surface area (Å²) in [4.78, 5) is 21.0. The molecule has 0 aliphatic rings. The van der Waals surface area contributed by atoms with E-state index >= 15 is 0 Å². The molecule has 1 amide bonds. The standard InChI is InChI=1S/C26H28N4O3/c1-32-23-10-4-5-11-24(23)33-19-7-18-30-22-9-3-2-8-21(22)29-25(30)12-6-15-28-26(31)20-13-16-27-17-14-20/h2-5,8-11,13-14,16-17H,6-7,12,15,18-19H2,1H3,(H,28,31). The SMILES string of the molecule is COc1ccccc1OCCCn1c(CCCNC(=O)c2ccncc2)nc2ccccc21. The van der Waals surface area contributed by atoms with Gasteiger partial charge in [0.2, 0.25) is 0 Å². The van der Waals surface area contributed by atoms with E-state index in [0.29, 0.717) is 18.7 Å². The van der Waals surface area contributed by atoms with E-state index in [-0.39, 0.29) is 5.91 Å². The van der Waals surface area contributed by atoms with Gasteiger partial charge in [0, 0.05) is 37.5 Å². The van der Waals surface area contributed by atoms with Crippen molar-refractivity contribution in [2.24, 2.45) is 0 Å². The number of carbonyl (C=O) groups is 1. The van der Waals surface area contributed by atoms with Crippen molar-refractivity contribution in [3.05, 3.63) is 84.4 Å². The highest BCUT2D eigenvalue weighted by Crippen LogP contribution is 2.26. The van der Waals surface area contributed by atoms with Crippen molar-refractivity contribution < 1.29 is 14.3 Å². The second-order valence-electron chi connectivity index (χ2n) is 7.62. The number of hydrogen-bond donors (Lipinski definition) is 1. The fraction of sp³-hybridized carbons (Fsp3) is 0.269. The summed E-state index contributed by atoms with van der Waals surface area (Å²) in [7, 11) is 1.64. The van der Waals surface area contributed by atoms with Crippen LogP contribution in [0.2, 0.25) is 0 Å². The van der Waals surface area contributed by atoms with Crippen LogP contribution in [0.1, 0.15) is 29.0 Å². The van der Waals surface area contributed by atoms with Gasteiger partial charge in [-0.1, -0.05) is 24.3 Å². The van der Waals surface area contributed by atoms with Gasteiger partial charge in [0.1, 0.15) is 5.82 Å². The van der Waals surface area contributed by atoms with Crippen LogP contribution in [0, 0.1) is 0 Å². The summed E-state index contributed by atoms with van der Waals surface area (Å²) in [6.45, 7) is 1.96. The summed E-state index contributed by atoms with van der Waals surface area (Å²) < 4.78 is 13.5. The van der Waals surface area contributed by atoms with Crippen molar-refractivity contribution in [1.29, 1.82) is 0 Å². The number of nitrogens with one attached hydrogen (secondary N) is 1. The minimum Gasteiger partial charge on any atom is -0.493 e. The average Bonchev–Trinajstić information content (AvgIpc) is 3.22. The largest absolute Gasteiger partial charge is 0.493 e. The van der Waals surface area contributed by atoms with E-state index < -0.39 is 0 Å². The molecule has 0 aliphatic heterocycles. The topological polar surface area (TPSA) is 78.3 Å². The van der Waals surface area contributed by atoms with Gasteiger partial charge < -0.3 is 19.4 Å². The first-order chi connectivity index (χ1) is 16.3.